The maximum atomic E-state index is 12.8. The Labute approximate surface area is 140 Å². The van der Waals surface area contributed by atoms with E-state index in [1.165, 1.54) is 0 Å². The van der Waals surface area contributed by atoms with Crippen LogP contribution in [0.1, 0.15) is 22.6 Å². The first-order valence-corrected chi connectivity index (χ1v) is 7.59. The van der Waals surface area contributed by atoms with Crippen molar-refractivity contribution >= 4 is 5.97 Å². The molecular weight excluding hydrogens is 298 g/mol. The molecule has 0 spiro atoms. The van der Waals surface area contributed by atoms with Crippen LogP contribution >= 0.6 is 0 Å². The lowest BCUT2D eigenvalue weighted by molar-refractivity contribution is -0.135. The summed E-state index contributed by atoms with van der Waals surface area (Å²) >= 11 is 0. The SMILES string of the molecule is N#Cc1cccc(OC(=O)C(c2ccccc2)c2ccccc2)c1. The van der Waals surface area contributed by atoms with Gasteiger partial charge in [0, 0.05) is 0 Å². The van der Waals surface area contributed by atoms with Crippen LogP contribution in [0.2, 0.25) is 0 Å². The topological polar surface area (TPSA) is 50.1 Å². The first-order chi connectivity index (χ1) is 11.8. The van der Waals surface area contributed by atoms with Gasteiger partial charge in [-0.1, -0.05) is 66.7 Å². The third-order valence-corrected chi connectivity index (χ3v) is 3.68. The second-order valence-electron chi connectivity index (χ2n) is 5.32. The van der Waals surface area contributed by atoms with Crippen LogP contribution in [0.4, 0.5) is 0 Å². The first-order valence-electron chi connectivity index (χ1n) is 7.59. The summed E-state index contributed by atoms with van der Waals surface area (Å²) in [6, 6.07) is 27.7. The van der Waals surface area contributed by atoms with Gasteiger partial charge in [-0.3, -0.25) is 4.79 Å². The number of nitrogens with zero attached hydrogens (tertiary/aromatic N) is 1. The predicted octanol–water partition coefficient (Wildman–Crippen LogP) is 4.30. The van der Waals surface area contributed by atoms with E-state index in [2.05, 4.69) is 0 Å². The van der Waals surface area contributed by atoms with Crippen molar-refractivity contribution in [3.05, 3.63) is 102 Å². The molecule has 0 N–H and O–H groups in total. The molecule has 0 saturated carbocycles. The Morgan fingerprint density at radius 3 is 1.96 bits per heavy atom. The van der Waals surface area contributed by atoms with Crippen LogP contribution in [-0.4, -0.2) is 5.97 Å². The van der Waals surface area contributed by atoms with Crippen molar-refractivity contribution in [2.75, 3.05) is 0 Å². The van der Waals surface area contributed by atoms with E-state index in [4.69, 9.17) is 10.00 Å². The molecule has 0 aliphatic heterocycles. The standard InChI is InChI=1S/C21H15NO2/c22-15-16-8-7-13-19(14-16)24-21(23)20(17-9-3-1-4-10-17)18-11-5-2-6-12-18/h1-14,20H. The minimum Gasteiger partial charge on any atom is -0.426 e. The van der Waals surface area contributed by atoms with E-state index in [1.54, 1.807) is 24.3 Å². The van der Waals surface area contributed by atoms with Crippen LogP contribution < -0.4 is 4.74 Å². The lowest BCUT2D eigenvalue weighted by Gasteiger charge is -2.17. The van der Waals surface area contributed by atoms with E-state index in [1.807, 2.05) is 66.7 Å². The third kappa shape index (κ3) is 3.50. The monoisotopic (exact) mass is 313 g/mol. The number of hydrogen-bond donors (Lipinski definition) is 0. The largest absolute Gasteiger partial charge is 0.426 e. The Morgan fingerprint density at radius 1 is 0.833 bits per heavy atom. The molecule has 24 heavy (non-hydrogen) atoms. The molecule has 0 saturated heterocycles. The van der Waals surface area contributed by atoms with Gasteiger partial charge in [0.1, 0.15) is 11.7 Å². The van der Waals surface area contributed by atoms with Gasteiger partial charge in [-0.15, -0.1) is 0 Å². The molecule has 3 nitrogen and oxygen atoms in total. The van der Waals surface area contributed by atoms with Crippen molar-refractivity contribution in [1.29, 1.82) is 5.26 Å². The predicted molar refractivity (Wildman–Crippen MR) is 91.5 cm³/mol. The minimum absolute atomic E-state index is 0.371. The lowest BCUT2D eigenvalue weighted by atomic mass is 9.91. The van der Waals surface area contributed by atoms with Crippen molar-refractivity contribution in [3.63, 3.8) is 0 Å². The molecule has 0 unspecified atom stereocenters. The average molecular weight is 313 g/mol. The molecule has 0 heterocycles. The fourth-order valence-corrected chi connectivity index (χ4v) is 2.56. The average Bonchev–Trinajstić information content (AvgIpc) is 2.64. The fourth-order valence-electron chi connectivity index (χ4n) is 2.56. The Hall–Kier alpha value is -3.38. The number of carbonyl (C=O) groups excluding carboxylic acids is 1. The molecule has 0 radical (unpaired) electrons. The van der Waals surface area contributed by atoms with Gasteiger partial charge >= 0.3 is 5.97 Å². The summed E-state index contributed by atoms with van der Waals surface area (Å²) in [4.78, 5) is 12.8. The van der Waals surface area contributed by atoms with Crippen molar-refractivity contribution in [1.82, 2.24) is 0 Å². The Bertz CT molecular complexity index is 828. The smallest absolute Gasteiger partial charge is 0.323 e. The molecular formula is C21H15NO2. The van der Waals surface area contributed by atoms with Gasteiger partial charge in [0.25, 0.3) is 0 Å². The van der Waals surface area contributed by atoms with Gasteiger partial charge in [-0.05, 0) is 29.3 Å². The van der Waals surface area contributed by atoms with Crippen LogP contribution in [0.3, 0.4) is 0 Å². The van der Waals surface area contributed by atoms with Gasteiger partial charge in [0.2, 0.25) is 0 Å². The second kappa shape index (κ2) is 7.26. The number of benzene rings is 3. The Balaban J connectivity index is 1.94. The number of rotatable bonds is 4. The molecule has 0 bridgehead atoms. The van der Waals surface area contributed by atoms with Crippen LogP contribution in [0.5, 0.6) is 5.75 Å². The van der Waals surface area contributed by atoms with Crippen molar-refractivity contribution in [2.24, 2.45) is 0 Å². The van der Waals surface area contributed by atoms with Gasteiger partial charge in [-0.25, -0.2) is 0 Å². The van der Waals surface area contributed by atoms with E-state index in [0.29, 0.717) is 11.3 Å². The summed E-state index contributed by atoms with van der Waals surface area (Å²) in [5.41, 5.74) is 2.19. The zero-order chi connectivity index (χ0) is 16.8. The number of carbonyl (C=O) groups is 1. The van der Waals surface area contributed by atoms with Gasteiger partial charge in [0.15, 0.2) is 0 Å². The van der Waals surface area contributed by atoms with E-state index < -0.39 is 5.92 Å². The molecule has 0 aliphatic carbocycles. The van der Waals surface area contributed by atoms with E-state index >= 15 is 0 Å². The summed E-state index contributed by atoms with van der Waals surface area (Å²) in [5.74, 6) is -0.517. The number of ether oxygens (including phenoxy) is 1. The highest BCUT2D eigenvalue weighted by Crippen LogP contribution is 2.27. The summed E-state index contributed by atoms with van der Waals surface area (Å²) in [6.45, 7) is 0. The maximum Gasteiger partial charge on any atom is 0.323 e. The van der Waals surface area contributed by atoms with Crippen molar-refractivity contribution < 1.29 is 9.53 Å². The quantitative estimate of drug-likeness (QED) is 0.533. The molecule has 3 aromatic rings. The summed E-state index contributed by atoms with van der Waals surface area (Å²) in [6.07, 6.45) is 0. The summed E-state index contributed by atoms with van der Waals surface area (Å²) in [7, 11) is 0. The minimum atomic E-state index is -0.516. The molecule has 0 aliphatic rings. The highest BCUT2D eigenvalue weighted by atomic mass is 16.5. The van der Waals surface area contributed by atoms with Crippen LogP contribution in [0, 0.1) is 11.3 Å². The number of hydrogen-bond acceptors (Lipinski definition) is 3. The molecule has 0 amide bonds. The fraction of sp³-hybridized carbons (Fsp3) is 0.0476. The summed E-state index contributed by atoms with van der Waals surface area (Å²) in [5, 5.41) is 8.97. The maximum absolute atomic E-state index is 12.8. The van der Waals surface area contributed by atoms with E-state index in [9.17, 15) is 4.79 Å². The van der Waals surface area contributed by atoms with E-state index in [0.717, 1.165) is 11.1 Å². The highest BCUT2D eigenvalue weighted by molar-refractivity contribution is 5.84. The zero-order valence-electron chi connectivity index (χ0n) is 12.9. The zero-order valence-corrected chi connectivity index (χ0v) is 12.9. The number of esters is 1. The Morgan fingerprint density at radius 2 is 1.42 bits per heavy atom. The van der Waals surface area contributed by atoms with Gasteiger partial charge < -0.3 is 4.74 Å². The van der Waals surface area contributed by atoms with Gasteiger partial charge in [-0.2, -0.15) is 5.26 Å². The third-order valence-electron chi connectivity index (χ3n) is 3.68. The second-order valence-corrected chi connectivity index (χ2v) is 5.32. The first kappa shape index (κ1) is 15.5. The lowest BCUT2D eigenvalue weighted by Crippen LogP contribution is -2.20. The van der Waals surface area contributed by atoms with Gasteiger partial charge in [0.05, 0.1) is 11.6 Å². The molecule has 3 rings (SSSR count). The molecule has 116 valence electrons. The molecule has 3 heteroatoms. The highest BCUT2D eigenvalue weighted by Gasteiger charge is 2.24. The summed E-state index contributed by atoms with van der Waals surface area (Å²) < 4.78 is 5.54. The Kier molecular flexibility index (Phi) is 4.69. The van der Waals surface area contributed by atoms with Crippen LogP contribution in [-0.2, 0) is 4.79 Å². The van der Waals surface area contributed by atoms with Crippen molar-refractivity contribution in [2.45, 2.75) is 5.92 Å². The van der Waals surface area contributed by atoms with Crippen LogP contribution in [0.25, 0.3) is 0 Å². The van der Waals surface area contributed by atoms with Crippen LogP contribution in [0.15, 0.2) is 84.9 Å². The van der Waals surface area contributed by atoms with E-state index in [-0.39, 0.29) is 5.97 Å². The molecule has 3 aromatic carbocycles. The number of nitriles is 1. The molecule has 0 atom stereocenters. The molecule has 0 fully saturated rings. The normalized spacial score (nSPS) is 10.2. The molecule has 0 aromatic heterocycles. The van der Waals surface area contributed by atoms with Crippen molar-refractivity contribution in [3.8, 4) is 11.8 Å².